The Labute approximate surface area is 412 Å². The summed E-state index contributed by atoms with van der Waals surface area (Å²) in [6.45, 7) is 3.88. The summed E-state index contributed by atoms with van der Waals surface area (Å²) in [6.07, 6.45) is -6.26. The first-order valence-corrected chi connectivity index (χ1v) is 28.0. The van der Waals surface area contributed by atoms with E-state index in [1.54, 1.807) is 6.92 Å². The lowest BCUT2D eigenvalue weighted by Gasteiger charge is -2.36. The minimum absolute atomic E-state index is 0.0194. The standard InChI is InChI=1S/C38H66N7O22P3S/c1-21(63-37-25(48)16-24(47)22(2)64-37)9-7-5-6-8-10-23(46)15-28(50)71-14-13-40-27(49)11-12-41-35(53)32(52)38(3,4)18-62-70(59,60)67-69(57,58)61-17-26-31(66-68(54,55)56)30(51)36(65-26)45-20-44-29-33(39)42-19-43-34(29)45/h19-26,30-32,36-37,46-48,51-52H,5-18H2,1-4H3,(H,40,49)(H,41,53)(H,57,58)(H,59,60)(H2,39,42,43)(H2,54,55,56)/t21-,22+,23-,24-,25-,26-,30-,31-,32+,36-,37-/m1/s1. The second kappa shape index (κ2) is 27.2. The first-order chi connectivity index (χ1) is 33.1. The SMILES string of the molecule is C[C@H](CCCCCC[C@@H](O)CC(=O)SCCNC(=O)CCNC(=O)[C@H](O)C(C)(C)COP(=O)(O)OP(=O)(O)OC[C@H]1O[C@@H](n2cnc3c(N)ncnc32)[C@H](O)[C@@H]1OP(=O)(O)O)O[C@@H]1O[C@@H](C)[C@H](O)C[C@H]1O. The van der Waals surface area contributed by atoms with Crippen LogP contribution in [-0.2, 0) is 60.2 Å². The third-order valence-electron chi connectivity index (χ3n) is 11.1. The van der Waals surface area contributed by atoms with Gasteiger partial charge in [-0.1, -0.05) is 51.3 Å². The smallest absolute Gasteiger partial charge is 0.393 e. The van der Waals surface area contributed by atoms with Crippen molar-refractivity contribution in [2.24, 2.45) is 5.41 Å². The third-order valence-corrected chi connectivity index (χ3v) is 15.1. The van der Waals surface area contributed by atoms with Crippen molar-refractivity contribution in [1.29, 1.82) is 0 Å². The van der Waals surface area contributed by atoms with Gasteiger partial charge in [0.05, 0.1) is 44.0 Å². The molecule has 33 heteroatoms. The van der Waals surface area contributed by atoms with Crippen molar-refractivity contribution < 1.29 is 105 Å². The maximum Gasteiger partial charge on any atom is 0.481 e. The van der Waals surface area contributed by atoms with Crippen LogP contribution in [0.1, 0.15) is 91.7 Å². The molecule has 0 spiro atoms. The largest absolute Gasteiger partial charge is 0.481 e. The Morgan fingerprint density at radius 1 is 0.944 bits per heavy atom. The number of amides is 2. The fraction of sp³-hybridized carbons (Fsp3) is 0.789. The molecule has 0 aliphatic carbocycles. The zero-order valence-electron chi connectivity index (χ0n) is 39.4. The number of nitrogens with one attached hydrogen (secondary N) is 2. The fourth-order valence-electron chi connectivity index (χ4n) is 7.18. The minimum Gasteiger partial charge on any atom is -0.393 e. The van der Waals surface area contributed by atoms with E-state index in [4.69, 9.17) is 29.0 Å². The van der Waals surface area contributed by atoms with Crippen molar-refractivity contribution in [1.82, 2.24) is 30.2 Å². The van der Waals surface area contributed by atoms with Crippen molar-refractivity contribution in [3.63, 3.8) is 0 Å². The summed E-state index contributed by atoms with van der Waals surface area (Å²) in [6, 6.07) is 0. The quantitative estimate of drug-likeness (QED) is 0.0362. The van der Waals surface area contributed by atoms with Gasteiger partial charge in [-0.05, 0) is 26.7 Å². The lowest BCUT2D eigenvalue weighted by atomic mass is 9.87. The molecule has 2 fully saturated rings. The molecule has 2 aromatic heterocycles. The maximum atomic E-state index is 12.8. The number of ether oxygens (including phenoxy) is 3. The molecule has 71 heavy (non-hydrogen) atoms. The highest BCUT2D eigenvalue weighted by molar-refractivity contribution is 8.13. The highest BCUT2D eigenvalue weighted by Gasteiger charge is 2.50. The molecule has 2 aliphatic heterocycles. The number of nitrogens with zero attached hydrogens (tertiary/aromatic N) is 4. The summed E-state index contributed by atoms with van der Waals surface area (Å²) in [5.41, 5.74) is 4.22. The molecule has 2 saturated heterocycles. The molecule has 13 N–H and O–H groups in total. The Balaban J connectivity index is 1.08. The minimum atomic E-state index is -5.60. The monoisotopic (exact) mass is 1100 g/mol. The highest BCUT2D eigenvalue weighted by Crippen LogP contribution is 2.61. The van der Waals surface area contributed by atoms with Gasteiger partial charge < -0.3 is 75.7 Å². The first-order valence-electron chi connectivity index (χ1n) is 22.5. The van der Waals surface area contributed by atoms with Crippen molar-refractivity contribution >= 4 is 69.1 Å². The molecule has 2 unspecified atom stereocenters. The molecule has 4 rings (SSSR count). The predicted octanol–water partition coefficient (Wildman–Crippen LogP) is 0.0181. The lowest BCUT2D eigenvalue weighted by molar-refractivity contribution is -0.273. The Kier molecular flexibility index (Phi) is 23.4. The van der Waals surface area contributed by atoms with Crippen LogP contribution in [0, 0.1) is 5.41 Å². The number of aliphatic hydroxyl groups excluding tert-OH is 5. The number of nitrogens with two attached hydrogens (primary N) is 1. The van der Waals surface area contributed by atoms with Crippen LogP contribution in [0.3, 0.4) is 0 Å². The molecular weight excluding hydrogens is 1030 g/mol. The number of thioether (sulfide) groups is 1. The van der Waals surface area contributed by atoms with Crippen LogP contribution in [-0.4, -0.2) is 175 Å². The average Bonchev–Trinajstić information content (AvgIpc) is 3.83. The van der Waals surface area contributed by atoms with Gasteiger partial charge in [-0.2, -0.15) is 4.31 Å². The van der Waals surface area contributed by atoms with Crippen molar-refractivity contribution in [2.45, 2.75) is 153 Å². The normalized spacial score (nSPS) is 26.0. The summed E-state index contributed by atoms with van der Waals surface area (Å²) < 4.78 is 73.7. The number of carbonyl (C=O) groups excluding carboxylic acids is 3. The van der Waals surface area contributed by atoms with Gasteiger partial charge in [0.15, 0.2) is 29.1 Å². The molecule has 4 heterocycles. The number of phosphoric ester groups is 3. The van der Waals surface area contributed by atoms with Gasteiger partial charge in [0.25, 0.3) is 0 Å². The van der Waals surface area contributed by atoms with Gasteiger partial charge in [0.1, 0.15) is 42.4 Å². The first kappa shape index (κ1) is 60.9. The van der Waals surface area contributed by atoms with Crippen LogP contribution in [0.4, 0.5) is 5.82 Å². The van der Waals surface area contributed by atoms with Crippen LogP contribution in [0.25, 0.3) is 11.2 Å². The van der Waals surface area contributed by atoms with E-state index in [1.165, 1.54) is 13.8 Å². The van der Waals surface area contributed by atoms with Gasteiger partial charge in [-0.15, -0.1) is 0 Å². The van der Waals surface area contributed by atoms with Crippen LogP contribution in [0.5, 0.6) is 0 Å². The molecule has 29 nitrogen and oxygen atoms in total. The number of aliphatic hydroxyl groups is 5. The van der Waals surface area contributed by atoms with Gasteiger partial charge in [0, 0.05) is 43.5 Å². The Morgan fingerprint density at radius 3 is 2.31 bits per heavy atom. The number of rotatable bonds is 30. The number of imidazole rings is 1. The Hall–Kier alpha value is -2.64. The fourth-order valence-corrected chi connectivity index (χ4v) is 10.7. The van der Waals surface area contributed by atoms with E-state index in [2.05, 4.69) is 34.4 Å². The van der Waals surface area contributed by atoms with Crippen LogP contribution in [0.2, 0.25) is 0 Å². The molecule has 13 atom stereocenters. The number of fused-ring (bicyclic) bond motifs is 1. The third kappa shape index (κ3) is 19.9. The number of aromatic nitrogens is 4. The van der Waals surface area contributed by atoms with Gasteiger partial charge in [-0.25, -0.2) is 28.6 Å². The van der Waals surface area contributed by atoms with Crippen molar-refractivity contribution in [3.8, 4) is 0 Å². The van der Waals surface area contributed by atoms with E-state index in [-0.39, 0.29) is 66.3 Å². The number of carbonyl (C=O) groups is 3. The summed E-state index contributed by atoms with van der Waals surface area (Å²) >= 11 is 0.948. The molecule has 2 aliphatic rings. The molecule has 0 radical (unpaired) electrons. The van der Waals surface area contributed by atoms with Gasteiger partial charge in [0.2, 0.25) is 11.8 Å². The number of hydrogen-bond acceptors (Lipinski definition) is 23. The number of anilines is 1. The van der Waals surface area contributed by atoms with E-state index < -0.39 is 115 Å². The highest BCUT2D eigenvalue weighted by atomic mass is 32.2. The maximum absolute atomic E-state index is 12.8. The lowest BCUT2D eigenvalue weighted by Crippen LogP contribution is -2.48. The van der Waals surface area contributed by atoms with Crippen LogP contribution in [0.15, 0.2) is 12.7 Å². The van der Waals surface area contributed by atoms with Crippen LogP contribution < -0.4 is 16.4 Å². The molecule has 2 aromatic rings. The zero-order chi connectivity index (χ0) is 52.9. The molecule has 0 saturated carbocycles. The summed E-state index contributed by atoms with van der Waals surface area (Å²) in [5, 5.41) is 56.5. The zero-order valence-corrected chi connectivity index (χ0v) is 42.9. The molecule has 406 valence electrons. The molecular formula is C38H66N7O22P3S. The Morgan fingerprint density at radius 2 is 1.62 bits per heavy atom. The second-order valence-electron chi connectivity index (χ2n) is 17.7. The van der Waals surface area contributed by atoms with E-state index in [1.807, 2.05) is 6.92 Å². The Bertz CT molecular complexity index is 2210. The van der Waals surface area contributed by atoms with E-state index >= 15 is 0 Å². The summed E-state index contributed by atoms with van der Waals surface area (Å²) in [7, 11) is -16.5. The topological polar surface area (TPSA) is 443 Å². The van der Waals surface area contributed by atoms with Gasteiger partial charge >= 0.3 is 23.5 Å². The molecule has 2 amide bonds. The van der Waals surface area contributed by atoms with Crippen molar-refractivity contribution in [3.05, 3.63) is 12.7 Å². The van der Waals surface area contributed by atoms with E-state index in [0.717, 1.165) is 61.1 Å². The van der Waals surface area contributed by atoms with Gasteiger partial charge in [-0.3, -0.25) is 32.5 Å². The molecule has 0 aromatic carbocycles. The predicted molar refractivity (Wildman–Crippen MR) is 247 cm³/mol. The number of unbranched alkanes of at least 4 members (excludes halogenated alkanes) is 3. The van der Waals surface area contributed by atoms with Crippen LogP contribution >= 0.6 is 35.2 Å². The van der Waals surface area contributed by atoms with E-state index in [0.29, 0.717) is 6.42 Å². The average molecular weight is 1100 g/mol. The molecule has 0 bridgehead atoms. The summed E-state index contributed by atoms with van der Waals surface area (Å²) in [5.74, 6) is -1.33. The number of hydrogen-bond donors (Lipinski definition) is 12. The number of nitrogen functional groups attached to an aromatic ring is 1. The van der Waals surface area contributed by atoms with Crippen molar-refractivity contribution in [2.75, 3.05) is 37.8 Å². The second-order valence-corrected chi connectivity index (χ2v) is 23.1. The van der Waals surface area contributed by atoms with E-state index in [9.17, 15) is 73.2 Å². The number of phosphoric acid groups is 3. The summed E-state index contributed by atoms with van der Waals surface area (Å²) in [4.78, 5) is 88.5.